The Bertz CT molecular complexity index is 478. The van der Waals surface area contributed by atoms with Gasteiger partial charge in [0.05, 0.1) is 12.5 Å². The largest absolute Gasteiger partial charge is 0.498 e. The molecule has 102 valence electrons. The number of hydrogen-bond donors (Lipinski definition) is 0. The van der Waals surface area contributed by atoms with Crippen LogP contribution in [0.15, 0.2) is 73.2 Å². The summed E-state index contributed by atoms with van der Waals surface area (Å²) in [4.78, 5) is 0. The van der Waals surface area contributed by atoms with Gasteiger partial charge in [0.25, 0.3) is 0 Å². The van der Waals surface area contributed by atoms with Gasteiger partial charge in [0, 0.05) is 0 Å². The molecule has 0 aromatic heterocycles. The van der Waals surface area contributed by atoms with Crippen LogP contribution in [0.4, 0.5) is 0 Å². The Morgan fingerprint density at radius 1 is 0.600 bits per heavy atom. The lowest BCUT2D eigenvalue weighted by Crippen LogP contribution is -1.96. The van der Waals surface area contributed by atoms with Crippen LogP contribution in [0.5, 0.6) is 0 Å². The van der Waals surface area contributed by atoms with Crippen LogP contribution < -0.4 is 0 Å². The second-order valence-corrected chi connectivity index (χ2v) is 4.17. The standard InChI is InChI=1S/C18H18O2/c1-3-7-17(8-4-1)11-13-19-15-16-20-14-12-18-9-5-2-6-10-18/h1-14H,15-16H2. The predicted molar refractivity (Wildman–Crippen MR) is 82.9 cm³/mol. The molecule has 0 unspecified atom stereocenters. The zero-order valence-corrected chi connectivity index (χ0v) is 11.3. The van der Waals surface area contributed by atoms with E-state index in [-0.39, 0.29) is 0 Å². The highest BCUT2D eigenvalue weighted by atomic mass is 16.5. The van der Waals surface area contributed by atoms with E-state index in [1.807, 2.05) is 72.8 Å². The van der Waals surface area contributed by atoms with Gasteiger partial charge >= 0.3 is 0 Å². The molecule has 0 saturated carbocycles. The van der Waals surface area contributed by atoms with Crippen LogP contribution in [-0.2, 0) is 9.47 Å². The van der Waals surface area contributed by atoms with Crippen LogP contribution in [0.3, 0.4) is 0 Å². The van der Waals surface area contributed by atoms with E-state index in [4.69, 9.17) is 9.47 Å². The van der Waals surface area contributed by atoms with Crippen molar-refractivity contribution in [2.75, 3.05) is 13.2 Å². The van der Waals surface area contributed by atoms with Crippen molar-refractivity contribution in [1.29, 1.82) is 0 Å². The van der Waals surface area contributed by atoms with Crippen molar-refractivity contribution >= 4 is 12.2 Å². The van der Waals surface area contributed by atoms with E-state index in [1.165, 1.54) is 0 Å². The summed E-state index contributed by atoms with van der Waals surface area (Å²) < 4.78 is 10.7. The first-order valence-corrected chi connectivity index (χ1v) is 6.61. The molecule has 0 amide bonds. The predicted octanol–water partition coefficient (Wildman–Crippen LogP) is 4.36. The molecule has 0 saturated heterocycles. The fourth-order valence-electron chi connectivity index (χ4n) is 1.61. The van der Waals surface area contributed by atoms with Gasteiger partial charge < -0.3 is 9.47 Å². The minimum absolute atomic E-state index is 0.530. The molecule has 0 fully saturated rings. The Morgan fingerprint density at radius 2 is 1.00 bits per heavy atom. The fourth-order valence-corrected chi connectivity index (χ4v) is 1.61. The molecule has 2 aromatic rings. The van der Waals surface area contributed by atoms with Crippen LogP contribution in [0.25, 0.3) is 12.2 Å². The summed E-state index contributed by atoms with van der Waals surface area (Å²) in [5.41, 5.74) is 2.25. The molecule has 0 aliphatic heterocycles. The summed E-state index contributed by atoms with van der Waals surface area (Å²) in [6, 6.07) is 20.1. The van der Waals surface area contributed by atoms with Crippen LogP contribution in [0, 0.1) is 0 Å². The molecular weight excluding hydrogens is 248 g/mol. The molecule has 20 heavy (non-hydrogen) atoms. The van der Waals surface area contributed by atoms with Crippen molar-refractivity contribution in [1.82, 2.24) is 0 Å². The Balaban J connectivity index is 1.58. The van der Waals surface area contributed by atoms with Crippen LogP contribution >= 0.6 is 0 Å². The second-order valence-electron chi connectivity index (χ2n) is 4.17. The highest BCUT2D eigenvalue weighted by Gasteiger charge is 1.86. The van der Waals surface area contributed by atoms with E-state index in [0.717, 1.165) is 11.1 Å². The van der Waals surface area contributed by atoms with Gasteiger partial charge in [-0.2, -0.15) is 0 Å². The first kappa shape index (κ1) is 13.9. The van der Waals surface area contributed by atoms with Crippen molar-refractivity contribution in [2.24, 2.45) is 0 Å². The van der Waals surface area contributed by atoms with Crippen LogP contribution in [-0.4, -0.2) is 13.2 Å². The summed E-state index contributed by atoms with van der Waals surface area (Å²) >= 11 is 0. The molecule has 2 aromatic carbocycles. The van der Waals surface area contributed by atoms with Crippen molar-refractivity contribution in [3.8, 4) is 0 Å². The van der Waals surface area contributed by atoms with E-state index in [9.17, 15) is 0 Å². The van der Waals surface area contributed by atoms with Crippen molar-refractivity contribution in [3.63, 3.8) is 0 Å². The molecule has 2 rings (SSSR count). The monoisotopic (exact) mass is 266 g/mol. The zero-order valence-electron chi connectivity index (χ0n) is 11.3. The number of benzene rings is 2. The van der Waals surface area contributed by atoms with E-state index < -0.39 is 0 Å². The quantitative estimate of drug-likeness (QED) is 0.547. The van der Waals surface area contributed by atoms with Gasteiger partial charge in [0.2, 0.25) is 0 Å². The molecule has 0 bridgehead atoms. The number of hydrogen-bond acceptors (Lipinski definition) is 2. The normalized spacial score (nSPS) is 11.0. The molecule has 0 atom stereocenters. The third-order valence-electron chi connectivity index (χ3n) is 2.63. The van der Waals surface area contributed by atoms with Crippen molar-refractivity contribution < 1.29 is 9.47 Å². The summed E-state index contributed by atoms with van der Waals surface area (Å²) in [6.07, 6.45) is 7.25. The van der Waals surface area contributed by atoms with Gasteiger partial charge in [-0.3, -0.25) is 0 Å². The van der Waals surface area contributed by atoms with Crippen LogP contribution in [0.2, 0.25) is 0 Å². The molecule has 0 aliphatic rings. The van der Waals surface area contributed by atoms with E-state index in [2.05, 4.69) is 0 Å². The van der Waals surface area contributed by atoms with Gasteiger partial charge in [0.1, 0.15) is 13.2 Å². The maximum atomic E-state index is 5.35. The third kappa shape index (κ3) is 5.44. The van der Waals surface area contributed by atoms with Gasteiger partial charge in [-0.05, 0) is 23.3 Å². The van der Waals surface area contributed by atoms with Crippen LogP contribution in [0.1, 0.15) is 11.1 Å². The van der Waals surface area contributed by atoms with Gasteiger partial charge in [-0.1, -0.05) is 60.7 Å². The minimum atomic E-state index is 0.530. The Labute approximate surface area is 120 Å². The summed E-state index contributed by atoms with van der Waals surface area (Å²) in [7, 11) is 0. The first-order chi connectivity index (χ1) is 9.95. The van der Waals surface area contributed by atoms with E-state index in [0.29, 0.717) is 13.2 Å². The van der Waals surface area contributed by atoms with Gasteiger partial charge in [-0.15, -0.1) is 0 Å². The molecule has 0 N–H and O–H groups in total. The maximum Gasteiger partial charge on any atom is 0.121 e. The fraction of sp³-hybridized carbons (Fsp3) is 0.111. The lowest BCUT2D eigenvalue weighted by molar-refractivity contribution is 0.152. The van der Waals surface area contributed by atoms with Crippen molar-refractivity contribution in [3.05, 3.63) is 84.3 Å². The second kappa shape index (κ2) is 8.59. The minimum Gasteiger partial charge on any atom is -0.498 e. The zero-order chi connectivity index (χ0) is 13.9. The molecule has 0 heterocycles. The average molecular weight is 266 g/mol. The summed E-state index contributed by atoms with van der Waals surface area (Å²) in [5, 5.41) is 0. The number of rotatable bonds is 7. The van der Waals surface area contributed by atoms with E-state index >= 15 is 0 Å². The Kier molecular flexibility index (Phi) is 5.99. The summed E-state index contributed by atoms with van der Waals surface area (Å²) in [6.45, 7) is 1.06. The SMILES string of the molecule is C(=Cc1ccccc1)OCCOC=Cc1ccccc1. The Hall–Kier alpha value is -2.48. The lowest BCUT2D eigenvalue weighted by Gasteiger charge is -2.01. The smallest absolute Gasteiger partial charge is 0.121 e. The molecule has 0 radical (unpaired) electrons. The first-order valence-electron chi connectivity index (χ1n) is 6.61. The highest BCUT2D eigenvalue weighted by molar-refractivity contribution is 5.48. The number of ether oxygens (including phenoxy) is 2. The Morgan fingerprint density at radius 3 is 1.40 bits per heavy atom. The topological polar surface area (TPSA) is 18.5 Å². The molecule has 0 aliphatic carbocycles. The molecule has 0 spiro atoms. The van der Waals surface area contributed by atoms with Gasteiger partial charge in [-0.25, -0.2) is 0 Å². The van der Waals surface area contributed by atoms with Crippen molar-refractivity contribution in [2.45, 2.75) is 0 Å². The average Bonchev–Trinajstić information content (AvgIpc) is 2.52. The summed E-state index contributed by atoms with van der Waals surface area (Å²) in [5.74, 6) is 0. The van der Waals surface area contributed by atoms with E-state index in [1.54, 1.807) is 12.5 Å². The lowest BCUT2D eigenvalue weighted by atomic mass is 10.2. The third-order valence-corrected chi connectivity index (χ3v) is 2.63. The molecule has 2 nitrogen and oxygen atoms in total. The highest BCUT2D eigenvalue weighted by Crippen LogP contribution is 2.02. The molecular formula is C18H18O2. The van der Waals surface area contributed by atoms with Gasteiger partial charge in [0.15, 0.2) is 0 Å². The molecule has 2 heteroatoms. The maximum absolute atomic E-state index is 5.35.